The van der Waals surface area contributed by atoms with E-state index >= 15 is 0 Å². The normalized spacial score (nSPS) is 18.6. The van der Waals surface area contributed by atoms with Crippen LogP contribution < -0.4 is 5.73 Å². The fourth-order valence-electron chi connectivity index (χ4n) is 1.36. The van der Waals surface area contributed by atoms with Gasteiger partial charge in [0, 0.05) is 24.2 Å². The lowest BCUT2D eigenvalue weighted by Crippen LogP contribution is -2.17. The average Bonchev–Trinajstić information content (AvgIpc) is 2.63. The maximum Gasteiger partial charge on any atom is 0.203 e. The van der Waals surface area contributed by atoms with Crippen molar-refractivity contribution in [1.82, 2.24) is 10.2 Å². The van der Waals surface area contributed by atoms with E-state index in [0.717, 1.165) is 36.8 Å². The zero-order valence-corrected chi connectivity index (χ0v) is 9.44. The molecule has 0 radical (unpaired) electrons. The standard InChI is InChI=1S/C8H13N3OS2/c9-8-11-10-7(14-8)5-13-6-1-3-12-4-2-6/h6H,1-5H2,(H2,9,11). The summed E-state index contributed by atoms with van der Waals surface area (Å²) >= 11 is 3.42. The van der Waals surface area contributed by atoms with E-state index in [9.17, 15) is 0 Å². The van der Waals surface area contributed by atoms with Crippen molar-refractivity contribution in [2.75, 3.05) is 18.9 Å². The monoisotopic (exact) mass is 231 g/mol. The molecule has 78 valence electrons. The number of nitrogen functional groups attached to an aromatic ring is 1. The highest BCUT2D eigenvalue weighted by Gasteiger charge is 2.14. The molecule has 4 nitrogen and oxygen atoms in total. The van der Waals surface area contributed by atoms with Crippen LogP contribution in [0.25, 0.3) is 0 Å². The van der Waals surface area contributed by atoms with Crippen LogP contribution in [0, 0.1) is 0 Å². The van der Waals surface area contributed by atoms with Gasteiger partial charge >= 0.3 is 0 Å². The first kappa shape index (κ1) is 10.2. The third kappa shape index (κ3) is 2.83. The van der Waals surface area contributed by atoms with Gasteiger partial charge in [-0.25, -0.2) is 0 Å². The van der Waals surface area contributed by atoms with Gasteiger partial charge in [0.2, 0.25) is 5.13 Å². The highest BCUT2D eigenvalue weighted by atomic mass is 32.2. The number of rotatable bonds is 3. The molecule has 14 heavy (non-hydrogen) atoms. The summed E-state index contributed by atoms with van der Waals surface area (Å²) in [5.41, 5.74) is 5.50. The molecular weight excluding hydrogens is 218 g/mol. The minimum absolute atomic E-state index is 0.563. The van der Waals surface area contributed by atoms with Crippen molar-refractivity contribution in [3.8, 4) is 0 Å². The molecule has 6 heteroatoms. The summed E-state index contributed by atoms with van der Waals surface area (Å²) in [5.74, 6) is 0.930. The smallest absolute Gasteiger partial charge is 0.203 e. The Balaban J connectivity index is 1.76. The summed E-state index contributed by atoms with van der Waals surface area (Å²) in [5, 5.41) is 10.1. The number of nitrogens with zero attached hydrogens (tertiary/aromatic N) is 2. The number of hydrogen-bond donors (Lipinski definition) is 1. The van der Waals surface area contributed by atoms with Crippen LogP contribution in [-0.4, -0.2) is 28.7 Å². The maximum absolute atomic E-state index is 5.50. The number of nitrogens with two attached hydrogens (primary N) is 1. The molecule has 1 fully saturated rings. The van der Waals surface area contributed by atoms with Crippen molar-refractivity contribution in [3.63, 3.8) is 0 Å². The summed E-state index contributed by atoms with van der Waals surface area (Å²) in [6, 6.07) is 0. The number of anilines is 1. The van der Waals surface area contributed by atoms with E-state index in [0.29, 0.717) is 10.4 Å². The second-order valence-electron chi connectivity index (χ2n) is 3.16. The molecule has 0 atom stereocenters. The van der Waals surface area contributed by atoms with E-state index in [1.807, 2.05) is 11.8 Å². The highest BCUT2D eigenvalue weighted by Crippen LogP contribution is 2.26. The molecule has 0 aliphatic carbocycles. The molecule has 0 bridgehead atoms. The van der Waals surface area contributed by atoms with Gasteiger partial charge in [0.25, 0.3) is 0 Å². The molecule has 0 amide bonds. The summed E-state index contributed by atoms with van der Waals surface area (Å²) in [4.78, 5) is 0. The van der Waals surface area contributed by atoms with E-state index in [1.54, 1.807) is 0 Å². The van der Waals surface area contributed by atoms with Crippen molar-refractivity contribution in [3.05, 3.63) is 5.01 Å². The Kier molecular flexibility index (Phi) is 3.61. The molecule has 0 saturated carbocycles. The molecular formula is C8H13N3OS2. The SMILES string of the molecule is Nc1nnc(CSC2CCOCC2)s1. The lowest BCUT2D eigenvalue weighted by atomic mass is 10.2. The Morgan fingerprint density at radius 2 is 2.21 bits per heavy atom. The van der Waals surface area contributed by atoms with Gasteiger partial charge in [0.05, 0.1) is 0 Å². The first-order chi connectivity index (χ1) is 6.84. The van der Waals surface area contributed by atoms with Crippen molar-refractivity contribution in [2.45, 2.75) is 23.8 Å². The van der Waals surface area contributed by atoms with Crippen LogP contribution in [0.5, 0.6) is 0 Å². The predicted octanol–water partition coefficient (Wildman–Crippen LogP) is 1.53. The Labute approximate surface area is 91.2 Å². The van der Waals surface area contributed by atoms with E-state index < -0.39 is 0 Å². The van der Waals surface area contributed by atoms with Crippen molar-refractivity contribution in [2.24, 2.45) is 0 Å². The second-order valence-corrected chi connectivity index (χ2v) is 5.54. The van der Waals surface area contributed by atoms with Crippen LogP contribution in [0.2, 0.25) is 0 Å². The first-order valence-electron chi connectivity index (χ1n) is 4.62. The van der Waals surface area contributed by atoms with Crippen LogP contribution >= 0.6 is 23.1 Å². The number of hydrogen-bond acceptors (Lipinski definition) is 6. The third-order valence-corrected chi connectivity index (χ3v) is 4.41. The minimum atomic E-state index is 0.563. The fourth-order valence-corrected chi connectivity index (χ4v) is 3.16. The largest absolute Gasteiger partial charge is 0.381 e. The lowest BCUT2D eigenvalue weighted by molar-refractivity contribution is 0.1000. The fraction of sp³-hybridized carbons (Fsp3) is 0.750. The number of aromatic nitrogens is 2. The van der Waals surface area contributed by atoms with Gasteiger partial charge in [0.15, 0.2) is 0 Å². The lowest BCUT2D eigenvalue weighted by Gasteiger charge is -2.20. The molecule has 1 saturated heterocycles. The van der Waals surface area contributed by atoms with Gasteiger partial charge in [-0.15, -0.1) is 10.2 Å². The van der Waals surface area contributed by atoms with Gasteiger partial charge in [-0.05, 0) is 12.8 Å². The van der Waals surface area contributed by atoms with Gasteiger partial charge in [-0.3, -0.25) is 0 Å². The third-order valence-electron chi connectivity index (χ3n) is 2.09. The van der Waals surface area contributed by atoms with Crippen molar-refractivity contribution >= 4 is 28.2 Å². The van der Waals surface area contributed by atoms with Gasteiger partial charge in [-0.1, -0.05) is 11.3 Å². The van der Waals surface area contributed by atoms with Crippen LogP contribution in [0.3, 0.4) is 0 Å². The van der Waals surface area contributed by atoms with Gasteiger partial charge < -0.3 is 10.5 Å². The average molecular weight is 231 g/mol. The summed E-state index contributed by atoms with van der Waals surface area (Å²) in [6.07, 6.45) is 2.30. The molecule has 2 heterocycles. The number of thioether (sulfide) groups is 1. The van der Waals surface area contributed by atoms with E-state index in [1.165, 1.54) is 11.3 Å². The second kappa shape index (κ2) is 4.95. The Bertz CT molecular complexity index is 286. The molecule has 0 aromatic carbocycles. The first-order valence-corrected chi connectivity index (χ1v) is 6.48. The zero-order valence-electron chi connectivity index (χ0n) is 7.81. The summed E-state index contributed by atoms with van der Waals surface area (Å²) in [6.45, 7) is 1.80. The molecule has 1 aliphatic rings. The summed E-state index contributed by atoms with van der Waals surface area (Å²) < 4.78 is 5.30. The molecule has 1 aliphatic heterocycles. The van der Waals surface area contributed by atoms with Crippen LogP contribution in [-0.2, 0) is 10.5 Å². The zero-order chi connectivity index (χ0) is 9.80. The highest BCUT2D eigenvalue weighted by molar-refractivity contribution is 7.99. The van der Waals surface area contributed by atoms with Crippen LogP contribution in [0.1, 0.15) is 17.8 Å². The Hall–Kier alpha value is -0.330. The molecule has 1 aromatic rings. The molecule has 1 aromatic heterocycles. The van der Waals surface area contributed by atoms with Crippen molar-refractivity contribution < 1.29 is 4.74 Å². The van der Waals surface area contributed by atoms with Crippen molar-refractivity contribution in [1.29, 1.82) is 0 Å². The Morgan fingerprint density at radius 3 is 2.86 bits per heavy atom. The summed E-state index contributed by atoms with van der Waals surface area (Å²) in [7, 11) is 0. The van der Waals surface area contributed by atoms with Crippen LogP contribution in [0.15, 0.2) is 0 Å². The van der Waals surface area contributed by atoms with E-state index in [4.69, 9.17) is 10.5 Å². The molecule has 0 spiro atoms. The quantitative estimate of drug-likeness (QED) is 0.855. The molecule has 0 unspecified atom stereocenters. The maximum atomic E-state index is 5.50. The van der Waals surface area contributed by atoms with Gasteiger partial charge in [-0.2, -0.15) is 11.8 Å². The van der Waals surface area contributed by atoms with E-state index in [-0.39, 0.29) is 0 Å². The van der Waals surface area contributed by atoms with E-state index in [2.05, 4.69) is 10.2 Å². The topological polar surface area (TPSA) is 61.0 Å². The van der Waals surface area contributed by atoms with Gasteiger partial charge in [0.1, 0.15) is 5.01 Å². The Morgan fingerprint density at radius 1 is 1.43 bits per heavy atom. The number of ether oxygens (including phenoxy) is 1. The molecule has 2 N–H and O–H groups in total. The minimum Gasteiger partial charge on any atom is -0.381 e. The predicted molar refractivity (Wildman–Crippen MR) is 59.5 cm³/mol. The van der Waals surface area contributed by atoms with Crippen LogP contribution in [0.4, 0.5) is 5.13 Å². The molecule has 2 rings (SSSR count).